The Balaban J connectivity index is 2.43. The molecule has 0 fully saturated rings. The molecule has 2 heterocycles. The molecule has 0 atom stereocenters. The third-order valence-electron chi connectivity index (χ3n) is 3.29. The summed E-state index contributed by atoms with van der Waals surface area (Å²) < 4.78 is 40.7. The minimum Gasteiger partial charge on any atom is -0.477 e. The van der Waals surface area contributed by atoms with Gasteiger partial charge in [-0.2, -0.15) is 13.2 Å². The minimum atomic E-state index is -4.64. The Hall–Kier alpha value is -2.54. The van der Waals surface area contributed by atoms with Crippen LogP contribution >= 0.6 is 11.6 Å². The van der Waals surface area contributed by atoms with Crippen molar-refractivity contribution < 1.29 is 23.1 Å². The van der Waals surface area contributed by atoms with E-state index in [0.29, 0.717) is 5.39 Å². The molecule has 2 aromatic heterocycles. The number of rotatable bonds is 2. The summed E-state index contributed by atoms with van der Waals surface area (Å²) in [6.07, 6.45) is -4.64. The molecule has 0 amide bonds. The van der Waals surface area contributed by atoms with Gasteiger partial charge in [0.05, 0.1) is 11.3 Å². The highest BCUT2D eigenvalue weighted by atomic mass is 35.5. The van der Waals surface area contributed by atoms with E-state index in [4.69, 9.17) is 11.6 Å². The number of aromatic carboxylic acids is 1. The van der Waals surface area contributed by atoms with Crippen molar-refractivity contribution >= 4 is 28.6 Å². The SMILES string of the molecule is O=C(O)c1cc2ccc(Cl)nc2n1-c1ccccc1C(F)(F)F. The molecule has 1 aromatic carbocycles. The number of hydrogen-bond acceptors (Lipinski definition) is 2. The molecular formula is C15H8ClF3N2O2. The van der Waals surface area contributed by atoms with E-state index >= 15 is 0 Å². The summed E-state index contributed by atoms with van der Waals surface area (Å²) in [6.45, 7) is 0. The lowest BCUT2D eigenvalue weighted by Crippen LogP contribution is -2.14. The van der Waals surface area contributed by atoms with Crippen LogP contribution in [0.4, 0.5) is 13.2 Å². The maximum atomic E-state index is 13.2. The van der Waals surface area contributed by atoms with E-state index in [0.717, 1.165) is 10.6 Å². The van der Waals surface area contributed by atoms with Gasteiger partial charge in [0.25, 0.3) is 0 Å². The van der Waals surface area contributed by atoms with Crippen LogP contribution in [0.1, 0.15) is 16.1 Å². The van der Waals surface area contributed by atoms with Crippen LogP contribution in [-0.4, -0.2) is 20.6 Å². The number of pyridine rings is 1. The molecule has 0 unspecified atom stereocenters. The van der Waals surface area contributed by atoms with E-state index in [-0.39, 0.29) is 22.2 Å². The number of aromatic nitrogens is 2. The summed E-state index contributed by atoms with van der Waals surface area (Å²) in [5.41, 5.74) is -1.55. The zero-order valence-electron chi connectivity index (χ0n) is 11.3. The molecule has 3 rings (SSSR count). The van der Waals surface area contributed by atoms with Gasteiger partial charge in [-0.15, -0.1) is 0 Å². The lowest BCUT2D eigenvalue weighted by molar-refractivity contribution is -0.137. The predicted octanol–water partition coefficient (Wildman–Crippen LogP) is 4.40. The van der Waals surface area contributed by atoms with Gasteiger partial charge in [-0.25, -0.2) is 9.78 Å². The highest BCUT2D eigenvalue weighted by Gasteiger charge is 2.35. The lowest BCUT2D eigenvalue weighted by atomic mass is 10.1. The molecule has 8 heteroatoms. The van der Waals surface area contributed by atoms with Gasteiger partial charge in [-0.05, 0) is 30.3 Å². The third-order valence-corrected chi connectivity index (χ3v) is 3.50. The molecule has 3 aromatic rings. The number of fused-ring (bicyclic) bond motifs is 1. The zero-order valence-corrected chi connectivity index (χ0v) is 12.1. The molecule has 0 radical (unpaired) electrons. The minimum absolute atomic E-state index is 0.0478. The van der Waals surface area contributed by atoms with E-state index in [2.05, 4.69) is 4.98 Å². The van der Waals surface area contributed by atoms with Gasteiger partial charge < -0.3 is 5.11 Å². The molecule has 0 bridgehead atoms. The van der Waals surface area contributed by atoms with Crippen molar-refractivity contribution in [2.75, 3.05) is 0 Å². The summed E-state index contributed by atoms with van der Waals surface area (Å²) in [5.74, 6) is -1.36. The van der Waals surface area contributed by atoms with Crippen molar-refractivity contribution in [3.05, 3.63) is 58.9 Å². The first-order valence-electron chi connectivity index (χ1n) is 6.37. The van der Waals surface area contributed by atoms with Crippen LogP contribution in [0.15, 0.2) is 42.5 Å². The largest absolute Gasteiger partial charge is 0.477 e. The highest BCUT2D eigenvalue weighted by Crippen LogP contribution is 2.36. The number of nitrogens with zero attached hydrogens (tertiary/aromatic N) is 2. The number of carboxylic acid groups (broad SMARTS) is 1. The van der Waals surface area contributed by atoms with Crippen LogP contribution in [-0.2, 0) is 6.18 Å². The molecule has 0 spiro atoms. The summed E-state index contributed by atoms with van der Waals surface area (Å²) in [5, 5.41) is 9.76. The zero-order chi connectivity index (χ0) is 16.8. The molecule has 4 nitrogen and oxygen atoms in total. The van der Waals surface area contributed by atoms with Crippen molar-refractivity contribution in [3.8, 4) is 5.69 Å². The van der Waals surface area contributed by atoms with Crippen molar-refractivity contribution in [1.29, 1.82) is 0 Å². The van der Waals surface area contributed by atoms with Gasteiger partial charge in [0.15, 0.2) is 0 Å². The summed E-state index contributed by atoms with van der Waals surface area (Å²) in [4.78, 5) is 15.4. The molecule has 0 saturated heterocycles. The Morgan fingerprint density at radius 3 is 2.52 bits per heavy atom. The third kappa shape index (κ3) is 2.63. The second-order valence-electron chi connectivity index (χ2n) is 4.73. The average molecular weight is 341 g/mol. The fourth-order valence-corrected chi connectivity index (χ4v) is 2.51. The number of para-hydroxylation sites is 1. The number of hydrogen-bond donors (Lipinski definition) is 1. The number of alkyl halides is 3. The molecule has 0 saturated carbocycles. The highest BCUT2D eigenvalue weighted by molar-refractivity contribution is 6.29. The first-order chi connectivity index (χ1) is 10.8. The molecule has 23 heavy (non-hydrogen) atoms. The predicted molar refractivity (Wildman–Crippen MR) is 78.0 cm³/mol. The van der Waals surface area contributed by atoms with Crippen LogP contribution < -0.4 is 0 Å². The molecule has 0 aliphatic rings. The van der Waals surface area contributed by atoms with Gasteiger partial charge >= 0.3 is 12.1 Å². The molecular weight excluding hydrogens is 333 g/mol. The number of benzene rings is 1. The Kier molecular flexibility index (Phi) is 3.52. The van der Waals surface area contributed by atoms with Crippen molar-refractivity contribution in [3.63, 3.8) is 0 Å². The maximum Gasteiger partial charge on any atom is 0.418 e. The van der Waals surface area contributed by atoms with Gasteiger partial charge in [0.1, 0.15) is 16.5 Å². The van der Waals surface area contributed by atoms with Crippen molar-refractivity contribution in [2.24, 2.45) is 0 Å². The quantitative estimate of drug-likeness (QED) is 0.704. The first kappa shape index (κ1) is 15.4. The van der Waals surface area contributed by atoms with E-state index < -0.39 is 17.7 Å². The van der Waals surface area contributed by atoms with Crippen LogP contribution in [0.2, 0.25) is 5.15 Å². The van der Waals surface area contributed by atoms with Gasteiger partial charge in [-0.3, -0.25) is 4.57 Å². The number of carboxylic acids is 1. The summed E-state index contributed by atoms with van der Waals surface area (Å²) in [7, 11) is 0. The molecule has 0 aliphatic carbocycles. The Labute approximate surface area is 132 Å². The van der Waals surface area contributed by atoms with Gasteiger partial charge in [-0.1, -0.05) is 23.7 Å². The van der Waals surface area contributed by atoms with Crippen molar-refractivity contribution in [1.82, 2.24) is 9.55 Å². The Morgan fingerprint density at radius 1 is 1.17 bits per heavy atom. The second kappa shape index (κ2) is 5.27. The van der Waals surface area contributed by atoms with Crippen molar-refractivity contribution in [2.45, 2.75) is 6.18 Å². The summed E-state index contributed by atoms with van der Waals surface area (Å²) in [6, 6.07) is 8.91. The Bertz CT molecular complexity index is 919. The van der Waals surface area contributed by atoms with E-state index in [1.54, 1.807) is 0 Å². The topological polar surface area (TPSA) is 55.1 Å². The summed E-state index contributed by atoms with van der Waals surface area (Å²) >= 11 is 5.80. The Morgan fingerprint density at radius 2 is 1.87 bits per heavy atom. The molecule has 118 valence electrons. The molecule has 1 N–H and O–H groups in total. The fourth-order valence-electron chi connectivity index (χ4n) is 2.36. The van der Waals surface area contributed by atoms with Crippen LogP contribution in [0, 0.1) is 0 Å². The fraction of sp³-hybridized carbons (Fsp3) is 0.0667. The van der Waals surface area contributed by atoms with Crippen LogP contribution in [0.5, 0.6) is 0 Å². The van der Waals surface area contributed by atoms with Crippen LogP contribution in [0.3, 0.4) is 0 Å². The second-order valence-corrected chi connectivity index (χ2v) is 5.12. The maximum absolute atomic E-state index is 13.2. The molecule has 0 aliphatic heterocycles. The number of halogens is 4. The van der Waals surface area contributed by atoms with Crippen LogP contribution in [0.25, 0.3) is 16.7 Å². The monoisotopic (exact) mass is 340 g/mol. The van der Waals surface area contributed by atoms with E-state index in [1.165, 1.54) is 36.4 Å². The first-order valence-corrected chi connectivity index (χ1v) is 6.75. The normalized spacial score (nSPS) is 11.8. The smallest absolute Gasteiger partial charge is 0.418 e. The lowest BCUT2D eigenvalue weighted by Gasteiger charge is -2.15. The van der Waals surface area contributed by atoms with Gasteiger partial charge in [0, 0.05) is 5.39 Å². The van der Waals surface area contributed by atoms with E-state index in [1.807, 2.05) is 0 Å². The van der Waals surface area contributed by atoms with Gasteiger partial charge in [0.2, 0.25) is 0 Å². The van der Waals surface area contributed by atoms with E-state index in [9.17, 15) is 23.1 Å². The standard InChI is InChI=1S/C15H8ClF3N2O2/c16-12-6-5-8-7-11(14(22)23)21(13(8)20-12)10-4-2-1-3-9(10)15(17,18)19/h1-7H,(H,22,23). The number of carbonyl (C=O) groups is 1. The average Bonchev–Trinajstić information content (AvgIpc) is 2.85.